The van der Waals surface area contributed by atoms with E-state index >= 15 is 0 Å². The topological polar surface area (TPSA) is 447 Å². The van der Waals surface area contributed by atoms with Crippen molar-refractivity contribution in [1.82, 2.24) is 10.3 Å². The van der Waals surface area contributed by atoms with Crippen LogP contribution in [-0.2, 0) is 50.6 Å². The number of hydrogen-bond acceptors (Lipinski definition) is 21. The number of thiophene rings is 1. The lowest BCUT2D eigenvalue weighted by molar-refractivity contribution is 0.254. The largest absolute Gasteiger partial charge is 0.341 e. The van der Waals surface area contributed by atoms with Crippen LogP contribution in [0.15, 0.2) is 130 Å². The van der Waals surface area contributed by atoms with Gasteiger partial charge in [-0.25, -0.2) is 9.78 Å². The third kappa shape index (κ3) is 12.6. The van der Waals surface area contributed by atoms with Gasteiger partial charge >= 0.3 is 6.03 Å². The second-order valence-corrected chi connectivity index (χ2v) is 24.2. The molecule has 2 aromatic heterocycles. The maximum Gasteiger partial charge on any atom is 0.318 e. The summed E-state index contributed by atoms with van der Waals surface area (Å²) < 4.78 is 173. The van der Waals surface area contributed by atoms with Gasteiger partial charge in [0.25, 0.3) is 50.6 Å². The zero-order chi connectivity index (χ0) is 56.7. The van der Waals surface area contributed by atoms with Crippen LogP contribution in [0.4, 0.5) is 54.9 Å². The molecule has 0 unspecified atom stereocenters. The lowest BCUT2D eigenvalue weighted by atomic mass is 10.0. The van der Waals surface area contributed by atoms with Gasteiger partial charge < -0.3 is 21.3 Å². The molecule has 7 aromatic rings. The number of nitrogens with one attached hydrogen (secondary N) is 4. The highest BCUT2D eigenvalue weighted by molar-refractivity contribution is 7.87. The average Bonchev–Trinajstić information content (AvgIpc) is 3.72. The smallest absolute Gasteiger partial charge is 0.318 e. The van der Waals surface area contributed by atoms with Crippen LogP contribution in [0.5, 0.6) is 0 Å². The predicted octanol–water partition coefficient (Wildman–Crippen LogP) is 9.62. The van der Waals surface area contributed by atoms with Crippen LogP contribution in [0.25, 0.3) is 21.9 Å². The number of nitrogens with zero attached hydrogens (tertiary/aromatic N) is 7. The highest BCUT2D eigenvalue weighted by Crippen LogP contribution is 2.49. The lowest BCUT2D eigenvalue weighted by Crippen LogP contribution is -2.24. The van der Waals surface area contributed by atoms with E-state index < -0.39 is 97.6 Å². The fraction of sp³-hybridized carbons (Fsp3) is 0.0476. The van der Waals surface area contributed by atoms with E-state index in [1.807, 2.05) is 12.1 Å². The molecule has 398 valence electrons. The molecule has 0 spiro atoms. The molecule has 0 saturated carbocycles. The fourth-order valence-corrected chi connectivity index (χ4v) is 11.9. The zero-order valence-corrected chi connectivity index (χ0v) is 44.6. The summed E-state index contributed by atoms with van der Waals surface area (Å²) in [6, 6.07) is 17.9. The van der Waals surface area contributed by atoms with Gasteiger partial charge in [0.1, 0.15) is 48.0 Å². The minimum Gasteiger partial charge on any atom is -0.341 e. The monoisotopic (exact) mass is 1200 g/mol. The Bertz CT molecular complexity index is 4420. The van der Waals surface area contributed by atoms with Crippen LogP contribution >= 0.6 is 34.5 Å². The highest BCUT2D eigenvalue weighted by Gasteiger charge is 2.28. The summed E-state index contributed by atoms with van der Waals surface area (Å²) >= 11 is 12.7. The van der Waals surface area contributed by atoms with Gasteiger partial charge in [0.05, 0.1) is 26.2 Å². The number of hydrogen-bond donors (Lipinski definition) is 9. The standard InChI is InChI=1S/C42H29Cl2N11O16S6/c1-19-28(17-45)38(48-22-7-9-30(43)34(12-22)76(66,67)68)51-39(49-23-8-10-31(44)35(13-23)77(69,70)71)37(19)53-54-40-29(18-46)36(20-3-5-21(6-4-20)50-42(56)47-2)41(72-40)55-52-24-11-26-27(32(14-24)74(60,61)62)15-25(73(57,58)59)16-33(26)75(63,64)65/h3-16H,1-2H3,(H2,47,50,56)(H2,48,49,51)(H,57,58,59)(H,60,61,62)(H,63,64,65)(H,66,67,68)(H,69,70,71). The Morgan fingerprint density at radius 1 is 0.584 bits per heavy atom. The van der Waals surface area contributed by atoms with Crippen molar-refractivity contribution < 1.29 is 69.6 Å². The number of carbonyl (C=O) groups is 1. The van der Waals surface area contributed by atoms with E-state index in [2.05, 4.69) is 46.7 Å². The first-order chi connectivity index (χ1) is 35.8. The number of pyridine rings is 1. The molecule has 2 heterocycles. The molecule has 0 aliphatic carbocycles. The number of rotatable bonds is 15. The second kappa shape index (κ2) is 21.4. The number of nitriles is 2. The maximum atomic E-state index is 12.7. The normalized spacial score (nSPS) is 12.4. The zero-order valence-electron chi connectivity index (χ0n) is 38.1. The van der Waals surface area contributed by atoms with Crippen molar-refractivity contribution in [1.29, 1.82) is 10.5 Å². The van der Waals surface area contributed by atoms with Crippen molar-refractivity contribution in [2.24, 2.45) is 20.5 Å². The molecule has 0 bridgehead atoms. The van der Waals surface area contributed by atoms with E-state index in [0.29, 0.717) is 29.5 Å². The average molecular weight is 1210 g/mol. The van der Waals surface area contributed by atoms with Crippen molar-refractivity contribution in [3.05, 3.63) is 112 Å². The maximum absolute atomic E-state index is 12.7. The number of azo groups is 2. The predicted molar refractivity (Wildman–Crippen MR) is 277 cm³/mol. The van der Waals surface area contributed by atoms with Gasteiger partial charge in [0, 0.05) is 46.0 Å². The summed E-state index contributed by atoms with van der Waals surface area (Å²) in [5.41, 5.74) is -1.20. The molecule has 0 aliphatic heterocycles. The Morgan fingerprint density at radius 2 is 1.08 bits per heavy atom. The Hall–Kier alpha value is -7.61. The van der Waals surface area contributed by atoms with Gasteiger partial charge in [-0.3, -0.25) is 22.8 Å². The third-order valence-corrected chi connectivity index (χ3v) is 16.7. The summed E-state index contributed by atoms with van der Waals surface area (Å²) in [5.74, 6) is -0.616. The first-order valence-electron chi connectivity index (χ1n) is 20.4. The molecular formula is C42H29Cl2N11O16S6. The molecule has 77 heavy (non-hydrogen) atoms. The molecule has 27 nitrogen and oxygen atoms in total. The van der Waals surface area contributed by atoms with Crippen LogP contribution in [0.3, 0.4) is 0 Å². The summed E-state index contributed by atoms with van der Waals surface area (Å²) in [5, 5.41) is 45.8. The van der Waals surface area contributed by atoms with Gasteiger partial charge in [0.15, 0.2) is 16.6 Å². The summed E-state index contributed by atoms with van der Waals surface area (Å²) in [6.07, 6.45) is 0. The van der Waals surface area contributed by atoms with E-state index in [9.17, 15) is 80.2 Å². The summed E-state index contributed by atoms with van der Waals surface area (Å²) in [4.78, 5) is 11.5. The van der Waals surface area contributed by atoms with Crippen molar-refractivity contribution in [2.45, 2.75) is 31.4 Å². The number of anilines is 5. The number of halogens is 2. The number of carbonyl (C=O) groups excluding carboxylic acids is 1. The van der Waals surface area contributed by atoms with Crippen LogP contribution in [0.1, 0.15) is 16.7 Å². The molecule has 7 rings (SSSR count). The summed E-state index contributed by atoms with van der Waals surface area (Å²) in [6.45, 7) is 1.36. The van der Waals surface area contributed by atoms with Crippen molar-refractivity contribution in [3.8, 4) is 23.3 Å². The number of benzene rings is 5. The highest BCUT2D eigenvalue weighted by atomic mass is 35.5. The van der Waals surface area contributed by atoms with E-state index in [1.54, 1.807) is 0 Å². The molecule has 0 radical (unpaired) electrons. The second-order valence-electron chi connectivity index (χ2n) is 15.4. The number of aromatic nitrogens is 1. The van der Waals surface area contributed by atoms with Crippen molar-refractivity contribution in [2.75, 3.05) is 23.0 Å². The van der Waals surface area contributed by atoms with E-state index in [4.69, 9.17) is 23.2 Å². The third-order valence-electron chi connectivity index (χ3n) is 10.4. The van der Waals surface area contributed by atoms with Gasteiger partial charge in [-0.1, -0.05) is 46.7 Å². The van der Waals surface area contributed by atoms with Crippen LogP contribution in [0.2, 0.25) is 10.0 Å². The number of fused-ring (bicyclic) bond motifs is 1. The van der Waals surface area contributed by atoms with Gasteiger partial charge in [-0.15, -0.1) is 20.5 Å². The lowest BCUT2D eigenvalue weighted by Gasteiger charge is -2.16. The minimum absolute atomic E-state index is 0.0301. The van der Waals surface area contributed by atoms with E-state index in [-0.39, 0.29) is 82.2 Å². The summed E-state index contributed by atoms with van der Waals surface area (Å²) in [7, 11) is -24.5. The molecule has 0 atom stereocenters. The Balaban J connectivity index is 1.45. The van der Waals surface area contributed by atoms with Crippen LogP contribution < -0.4 is 21.3 Å². The van der Waals surface area contributed by atoms with Gasteiger partial charge in [0.2, 0.25) is 0 Å². The minimum atomic E-state index is -5.43. The molecule has 0 fully saturated rings. The van der Waals surface area contributed by atoms with Gasteiger partial charge in [-0.2, -0.15) is 52.6 Å². The molecule has 9 N–H and O–H groups in total. The molecule has 35 heteroatoms. The molecule has 5 aromatic carbocycles. The first-order valence-corrected chi connectivity index (χ1v) is 29.2. The van der Waals surface area contributed by atoms with Crippen LogP contribution in [0, 0.1) is 29.6 Å². The number of amides is 2. The van der Waals surface area contributed by atoms with Crippen molar-refractivity contribution in [3.63, 3.8) is 0 Å². The van der Waals surface area contributed by atoms with Gasteiger partial charge in [-0.05, 0) is 85.3 Å². The number of urea groups is 1. The Morgan fingerprint density at radius 3 is 1.58 bits per heavy atom. The Labute approximate surface area is 449 Å². The SMILES string of the molecule is CNC(=O)Nc1ccc(-c2c(N=Nc3cc(S(=O)(=O)O)c4cc(S(=O)(=O)O)cc(S(=O)(=O)O)c4c3)sc(N=Nc3c(Nc4ccc(Cl)c(S(=O)(=O)O)c4)nc(Nc4ccc(Cl)c(S(=O)(=O)O)c4)c(C#N)c3C)c2C#N)cc1. The van der Waals surface area contributed by atoms with E-state index in [0.717, 1.165) is 30.3 Å². The molecular weight excluding hydrogens is 1180 g/mol. The molecule has 0 aliphatic rings. The molecule has 0 saturated heterocycles. The Kier molecular flexibility index (Phi) is 15.9. The fourth-order valence-electron chi connectivity index (χ4n) is 6.98. The van der Waals surface area contributed by atoms with E-state index in [1.165, 1.54) is 50.4 Å². The first kappa shape index (κ1) is 57.1. The van der Waals surface area contributed by atoms with Crippen LogP contribution in [-0.4, -0.2) is 82.9 Å². The molecule has 2 amide bonds. The quantitative estimate of drug-likeness (QED) is 0.0340. The van der Waals surface area contributed by atoms with Crippen molar-refractivity contribution >= 4 is 152 Å².